The normalized spacial score (nSPS) is 10.5. The lowest BCUT2D eigenvalue weighted by Crippen LogP contribution is -2.35. The highest BCUT2D eigenvalue weighted by atomic mass is 35.5. The van der Waals surface area contributed by atoms with Crippen molar-refractivity contribution in [1.82, 2.24) is 10.3 Å². The first-order valence-electron chi connectivity index (χ1n) is 10.6. The average Bonchev–Trinajstić information content (AvgIpc) is 2.86. The molecule has 0 fully saturated rings. The summed E-state index contributed by atoms with van der Waals surface area (Å²) in [6.07, 6.45) is 1.80. The molecule has 0 spiro atoms. The summed E-state index contributed by atoms with van der Waals surface area (Å²) in [5, 5.41) is 7.17. The van der Waals surface area contributed by atoms with E-state index in [-0.39, 0.29) is 17.4 Å². The van der Waals surface area contributed by atoms with Gasteiger partial charge in [0.2, 0.25) is 5.91 Å². The molecule has 3 aromatic carbocycles. The number of benzene rings is 3. The third kappa shape index (κ3) is 5.98. The number of nitrogens with zero attached hydrogens (tertiary/aromatic N) is 1. The monoisotopic (exact) mass is 507 g/mol. The van der Waals surface area contributed by atoms with Crippen molar-refractivity contribution >= 4 is 51.4 Å². The number of hydrogen-bond donors (Lipinski definition) is 2. The maximum absolute atomic E-state index is 12.3. The van der Waals surface area contributed by atoms with Crippen LogP contribution in [0.2, 0.25) is 5.02 Å². The molecule has 0 atom stereocenters. The highest BCUT2D eigenvalue weighted by molar-refractivity contribution is 7.80. The van der Waals surface area contributed by atoms with Crippen molar-refractivity contribution in [1.29, 1.82) is 0 Å². The van der Waals surface area contributed by atoms with Crippen LogP contribution in [0, 0.1) is 0 Å². The number of halogens is 1. The van der Waals surface area contributed by atoms with Crippen molar-refractivity contribution in [3.05, 3.63) is 83.5 Å². The van der Waals surface area contributed by atoms with Crippen LogP contribution in [0.25, 0.3) is 10.9 Å². The lowest BCUT2D eigenvalue weighted by atomic mass is 10.1. The number of hydrogen-bond acceptors (Lipinski definition) is 6. The molecule has 2 N–H and O–H groups in total. The van der Waals surface area contributed by atoms with E-state index in [0.29, 0.717) is 33.7 Å². The van der Waals surface area contributed by atoms with Gasteiger partial charge in [0.1, 0.15) is 11.5 Å². The van der Waals surface area contributed by atoms with Gasteiger partial charge in [-0.2, -0.15) is 0 Å². The van der Waals surface area contributed by atoms with Crippen molar-refractivity contribution < 1.29 is 19.0 Å². The Bertz CT molecular complexity index is 1380. The van der Waals surface area contributed by atoms with Gasteiger partial charge in [0.15, 0.2) is 16.6 Å². The number of carbonyl (C=O) groups excluding carboxylic acids is 1. The number of thiocarbonyl (C=S) groups is 1. The van der Waals surface area contributed by atoms with Crippen LogP contribution in [-0.2, 0) is 11.2 Å². The Morgan fingerprint density at radius 1 is 0.971 bits per heavy atom. The van der Waals surface area contributed by atoms with E-state index in [0.717, 1.165) is 16.5 Å². The van der Waals surface area contributed by atoms with Crippen LogP contribution in [0.5, 0.6) is 23.0 Å². The molecule has 0 saturated heterocycles. The van der Waals surface area contributed by atoms with Gasteiger partial charge >= 0.3 is 0 Å². The second-order valence-electron chi connectivity index (χ2n) is 7.43. The van der Waals surface area contributed by atoms with Gasteiger partial charge < -0.3 is 24.8 Å². The standard InChI is InChI=1S/C26H22ClN3O4S/c1-32-23-14-19-21(15-24(23)33-2)28-12-11-22(19)34-18-9-7-17(8-10-18)29-26(35)30-25(31)13-16-5-3-4-6-20(16)27/h3-12,14-15H,13H2,1-2H3,(H2,29,30,31,35). The summed E-state index contributed by atoms with van der Waals surface area (Å²) in [5.74, 6) is 2.16. The Labute approximate surface area is 213 Å². The molecule has 0 aliphatic heterocycles. The fourth-order valence-electron chi connectivity index (χ4n) is 3.42. The van der Waals surface area contributed by atoms with Crippen molar-refractivity contribution in [2.24, 2.45) is 0 Å². The lowest BCUT2D eigenvalue weighted by Gasteiger charge is -2.13. The van der Waals surface area contributed by atoms with Crippen LogP contribution >= 0.6 is 23.8 Å². The molecule has 0 aliphatic carbocycles. The Kier molecular flexibility index (Phi) is 7.64. The quantitative estimate of drug-likeness (QED) is 0.308. The zero-order valence-electron chi connectivity index (χ0n) is 19.0. The Balaban J connectivity index is 1.40. The van der Waals surface area contributed by atoms with Crippen LogP contribution < -0.4 is 24.8 Å². The number of rotatable bonds is 7. The van der Waals surface area contributed by atoms with Gasteiger partial charge in [-0.1, -0.05) is 29.8 Å². The molecule has 1 heterocycles. The minimum Gasteiger partial charge on any atom is -0.493 e. The van der Waals surface area contributed by atoms with Gasteiger partial charge in [-0.25, -0.2) is 0 Å². The number of aromatic nitrogens is 1. The maximum Gasteiger partial charge on any atom is 0.230 e. The topological polar surface area (TPSA) is 81.7 Å². The van der Waals surface area contributed by atoms with Gasteiger partial charge in [0.25, 0.3) is 0 Å². The molecule has 0 unspecified atom stereocenters. The van der Waals surface area contributed by atoms with E-state index in [9.17, 15) is 4.79 Å². The average molecular weight is 508 g/mol. The molecule has 1 amide bonds. The Hall–Kier alpha value is -3.88. The van der Waals surface area contributed by atoms with Gasteiger partial charge in [-0.05, 0) is 60.2 Å². The number of ether oxygens (including phenoxy) is 3. The molecule has 0 saturated carbocycles. The van der Waals surface area contributed by atoms with Crippen molar-refractivity contribution in [2.75, 3.05) is 19.5 Å². The minimum atomic E-state index is -0.257. The summed E-state index contributed by atoms with van der Waals surface area (Å²) >= 11 is 11.4. The van der Waals surface area contributed by atoms with Crippen LogP contribution in [0.1, 0.15) is 5.56 Å². The largest absolute Gasteiger partial charge is 0.493 e. The molecule has 7 nitrogen and oxygen atoms in total. The number of methoxy groups -OCH3 is 2. The van der Waals surface area contributed by atoms with E-state index in [1.165, 1.54) is 0 Å². The van der Waals surface area contributed by atoms with Crippen molar-refractivity contribution in [2.45, 2.75) is 6.42 Å². The molecule has 9 heteroatoms. The van der Waals surface area contributed by atoms with E-state index >= 15 is 0 Å². The SMILES string of the molecule is COc1cc2nccc(Oc3ccc(NC(=S)NC(=O)Cc4ccccc4Cl)cc3)c2cc1OC. The predicted octanol–water partition coefficient (Wildman–Crippen LogP) is 5.75. The number of amides is 1. The molecule has 178 valence electrons. The molecule has 0 radical (unpaired) electrons. The predicted molar refractivity (Wildman–Crippen MR) is 141 cm³/mol. The molecular formula is C26H22ClN3O4S. The Morgan fingerprint density at radius 3 is 2.40 bits per heavy atom. The zero-order valence-corrected chi connectivity index (χ0v) is 20.6. The van der Waals surface area contributed by atoms with Gasteiger partial charge in [-0.15, -0.1) is 0 Å². The third-order valence-corrected chi connectivity index (χ3v) is 5.68. The van der Waals surface area contributed by atoms with E-state index in [4.69, 9.17) is 38.0 Å². The van der Waals surface area contributed by atoms with Crippen molar-refractivity contribution in [3.8, 4) is 23.0 Å². The minimum absolute atomic E-state index is 0.130. The zero-order chi connectivity index (χ0) is 24.8. The van der Waals surface area contributed by atoms with Crippen LogP contribution in [0.15, 0.2) is 72.9 Å². The van der Waals surface area contributed by atoms with Gasteiger partial charge in [0.05, 0.1) is 26.2 Å². The first-order valence-corrected chi connectivity index (χ1v) is 11.4. The van der Waals surface area contributed by atoms with E-state index < -0.39 is 0 Å². The second kappa shape index (κ2) is 11.0. The molecule has 0 bridgehead atoms. The molecule has 4 aromatic rings. The van der Waals surface area contributed by atoms with E-state index in [1.807, 2.05) is 18.2 Å². The third-order valence-electron chi connectivity index (χ3n) is 5.11. The summed E-state index contributed by atoms with van der Waals surface area (Å²) in [4.78, 5) is 16.7. The highest BCUT2D eigenvalue weighted by Crippen LogP contribution is 2.37. The highest BCUT2D eigenvalue weighted by Gasteiger charge is 2.12. The fraction of sp³-hybridized carbons (Fsp3) is 0.115. The Morgan fingerprint density at radius 2 is 1.69 bits per heavy atom. The van der Waals surface area contributed by atoms with E-state index in [1.54, 1.807) is 68.9 Å². The van der Waals surface area contributed by atoms with Crippen LogP contribution in [-0.4, -0.2) is 30.2 Å². The van der Waals surface area contributed by atoms with Crippen LogP contribution in [0.3, 0.4) is 0 Å². The fourth-order valence-corrected chi connectivity index (χ4v) is 3.85. The van der Waals surface area contributed by atoms with Gasteiger partial charge in [-0.3, -0.25) is 9.78 Å². The lowest BCUT2D eigenvalue weighted by molar-refractivity contribution is -0.119. The summed E-state index contributed by atoms with van der Waals surface area (Å²) in [6, 6.07) is 19.8. The number of carbonyl (C=O) groups is 1. The molecule has 35 heavy (non-hydrogen) atoms. The maximum atomic E-state index is 12.3. The molecular weight excluding hydrogens is 486 g/mol. The summed E-state index contributed by atoms with van der Waals surface area (Å²) in [6.45, 7) is 0. The van der Waals surface area contributed by atoms with Crippen LogP contribution in [0.4, 0.5) is 5.69 Å². The summed E-state index contributed by atoms with van der Waals surface area (Å²) in [7, 11) is 3.16. The molecule has 4 rings (SSSR count). The molecule has 1 aromatic heterocycles. The summed E-state index contributed by atoms with van der Waals surface area (Å²) in [5.41, 5.74) is 2.15. The van der Waals surface area contributed by atoms with Crippen molar-refractivity contribution in [3.63, 3.8) is 0 Å². The number of nitrogens with one attached hydrogen (secondary N) is 2. The first-order chi connectivity index (χ1) is 17.0. The number of fused-ring (bicyclic) bond motifs is 1. The van der Waals surface area contributed by atoms with E-state index in [2.05, 4.69) is 15.6 Å². The van der Waals surface area contributed by atoms with Gasteiger partial charge in [0, 0.05) is 28.4 Å². The first kappa shape index (κ1) is 24.3. The smallest absolute Gasteiger partial charge is 0.230 e. The number of anilines is 1. The molecule has 0 aliphatic rings. The number of pyridine rings is 1. The second-order valence-corrected chi connectivity index (χ2v) is 8.25. The summed E-state index contributed by atoms with van der Waals surface area (Å²) < 4.78 is 16.8.